The molecular weight excluding hydrogens is 384 g/mol. The Morgan fingerprint density at radius 2 is 1.90 bits per heavy atom. The lowest BCUT2D eigenvalue weighted by Crippen LogP contribution is -2.36. The molecule has 0 unspecified atom stereocenters. The highest BCUT2D eigenvalue weighted by Crippen LogP contribution is 2.40. The molecule has 1 saturated heterocycles. The van der Waals surface area contributed by atoms with Gasteiger partial charge in [-0.1, -0.05) is 24.3 Å². The molecule has 8 heteroatoms. The van der Waals surface area contributed by atoms with Crippen molar-refractivity contribution in [2.45, 2.75) is 13.8 Å². The van der Waals surface area contributed by atoms with Crippen molar-refractivity contribution >= 4 is 11.4 Å². The van der Waals surface area contributed by atoms with Gasteiger partial charge in [-0.05, 0) is 25.5 Å². The van der Waals surface area contributed by atoms with Crippen molar-refractivity contribution in [3.63, 3.8) is 0 Å². The van der Waals surface area contributed by atoms with Gasteiger partial charge >= 0.3 is 5.69 Å². The van der Waals surface area contributed by atoms with Crippen LogP contribution in [0.25, 0.3) is 17.1 Å². The summed E-state index contributed by atoms with van der Waals surface area (Å²) in [7, 11) is 1.45. The SMILES string of the molecule is COc1cc(N2CCOCC2)cc(-n2cc(C)nc2-c2ccccc2C)c1[N+](=O)[O-]. The Labute approximate surface area is 174 Å². The largest absolute Gasteiger partial charge is 0.490 e. The number of hydrogen-bond acceptors (Lipinski definition) is 6. The van der Waals surface area contributed by atoms with Gasteiger partial charge in [-0.3, -0.25) is 14.7 Å². The van der Waals surface area contributed by atoms with Crippen LogP contribution in [0.3, 0.4) is 0 Å². The Bertz CT molecular complexity index is 1090. The van der Waals surface area contributed by atoms with Crippen LogP contribution in [0.4, 0.5) is 11.4 Å². The van der Waals surface area contributed by atoms with E-state index in [-0.39, 0.29) is 11.4 Å². The number of nitrogens with zero attached hydrogens (tertiary/aromatic N) is 4. The number of aromatic nitrogens is 2. The first kappa shape index (κ1) is 19.9. The zero-order valence-corrected chi connectivity index (χ0v) is 17.3. The van der Waals surface area contributed by atoms with Gasteiger partial charge in [0.25, 0.3) is 0 Å². The van der Waals surface area contributed by atoms with Crippen LogP contribution in [0.5, 0.6) is 5.75 Å². The van der Waals surface area contributed by atoms with E-state index in [1.54, 1.807) is 10.6 Å². The van der Waals surface area contributed by atoms with Gasteiger partial charge in [0.15, 0.2) is 0 Å². The number of hydrogen-bond donors (Lipinski definition) is 0. The summed E-state index contributed by atoms with van der Waals surface area (Å²) in [6.07, 6.45) is 1.83. The number of aryl methyl sites for hydroxylation is 2. The Hall–Kier alpha value is -3.39. The molecule has 1 aliphatic heterocycles. The third kappa shape index (κ3) is 3.61. The fourth-order valence-electron chi connectivity index (χ4n) is 3.80. The first-order valence-electron chi connectivity index (χ1n) is 9.81. The first-order valence-corrected chi connectivity index (χ1v) is 9.81. The number of nitro groups is 1. The Morgan fingerprint density at radius 1 is 1.17 bits per heavy atom. The molecule has 0 amide bonds. The quantitative estimate of drug-likeness (QED) is 0.470. The lowest BCUT2D eigenvalue weighted by Gasteiger charge is -2.29. The zero-order valence-electron chi connectivity index (χ0n) is 17.3. The van der Waals surface area contributed by atoms with Gasteiger partial charge in [0.2, 0.25) is 5.75 Å². The number of imidazole rings is 1. The van der Waals surface area contributed by atoms with Crippen LogP contribution in [-0.4, -0.2) is 47.9 Å². The van der Waals surface area contributed by atoms with Crippen LogP contribution < -0.4 is 9.64 Å². The van der Waals surface area contributed by atoms with Crippen molar-refractivity contribution in [2.75, 3.05) is 38.3 Å². The second-order valence-electron chi connectivity index (χ2n) is 7.26. The van der Waals surface area contributed by atoms with Crippen LogP contribution in [0, 0.1) is 24.0 Å². The van der Waals surface area contributed by atoms with E-state index in [1.807, 2.05) is 50.4 Å². The van der Waals surface area contributed by atoms with Crippen molar-refractivity contribution < 1.29 is 14.4 Å². The molecule has 3 aromatic rings. The average Bonchev–Trinajstić information content (AvgIpc) is 3.14. The second-order valence-corrected chi connectivity index (χ2v) is 7.26. The Kier molecular flexibility index (Phi) is 5.41. The van der Waals surface area contributed by atoms with Crippen LogP contribution in [-0.2, 0) is 4.74 Å². The summed E-state index contributed by atoms with van der Waals surface area (Å²) in [6, 6.07) is 11.4. The minimum atomic E-state index is -0.395. The van der Waals surface area contributed by atoms with Crippen molar-refractivity contribution in [1.82, 2.24) is 9.55 Å². The minimum Gasteiger partial charge on any atom is -0.490 e. The highest BCUT2D eigenvalue weighted by molar-refractivity contribution is 5.73. The molecule has 8 nitrogen and oxygen atoms in total. The smallest absolute Gasteiger partial charge is 0.334 e. The molecule has 30 heavy (non-hydrogen) atoms. The van der Waals surface area contributed by atoms with Crippen LogP contribution in [0.1, 0.15) is 11.3 Å². The molecule has 4 rings (SSSR count). The van der Waals surface area contributed by atoms with Crippen molar-refractivity contribution in [1.29, 1.82) is 0 Å². The normalized spacial score (nSPS) is 14.0. The van der Waals surface area contributed by atoms with E-state index < -0.39 is 4.92 Å². The first-order chi connectivity index (χ1) is 14.5. The van der Waals surface area contributed by atoms with Crippen molar-refractivity contribution in [2.24, 2.45) is 0 Å². The lowest BCUT2D eigenvalue weighted by atomic mass is 10.1. The number of anilines is 1. The second kappa shape index (κ2) is 8.16. The molecule has 0 N–H and O–H groups in total. The number of benzene rings is 2. The maximum absolute atomic E-state index is 12.0. The summed E-state index contributed by atoms with van der Waals surface area (Å²) in [5.74, 6) is 0.885. The average molecular weight is 408 g/mol. The van der Waals surface area contributed by atoms with Gasteiger partial charge in [-0.2, -0.15) is 0 Å². The topological polar surface area (TPSA) is 82.7 Å². The monoisotopic (exact) mass is 408 g/mol. The summed E-state index contributed by atoms with van der Waals surface area (Å²) in [5.41, 5.74) is 3.96. The van der Waals surface area contributed by atoms with Gasteiger partial charge in [0, 0.05) is 36.6 Å². The summed E-state index contributed by atoms with van der Waals surface area (Å²) >= 11 is 0. The minimum absolute atomic E-state index is 0.0817. The molecule has 2 aromatic carbocycles. The maximum Gasteiger partial charge on any atom is 0.334 e. The fraction of sp³-hybridized carbons (Fsp3) is 0.318. The van der Waals surface area contributed by atoms with E-state index in [4.69, 9.17) is 9.47 Å². The van der Waals surface area contributed by atoms with Gasteiger partial charge in [0.05, 0.1) is 30.9 Å². The van der Waals surface area contributed by atoms with Crippen LogP contribution in [0.2, 0.25) is 0 Å². The van der Waals surface area contributed by atoms with Crippen molar-refractivity contribution in [3.05, 3.63) is 64.0 Å². The van der Waals surface area contributed by atoms with E-state index in [1.165, 1.54) is 7.11 Å². The molecule has 1 aliphatic rings. The predicted octanol–water partition coefficient (Wildman–Crippen LogP) is 3.91. The molecule has 0 aliphatic carbocycles. The number of methoxy groups -OCH3 is 1. The van der Waals surface area contributed by atoms with E-state index >= 15 is 0 Å². The van der Waals surface area contributed by atoms with E-state index in [0.717, 1.165) is 22.5 Å². The molecular formula is C22H24N4O4. The molecule has 1 fully saturated rings. The van der Waals surface area contributed by atoms with Crippen LogP contribution in [0.15, 0.2) is 42.6 Å². The summed E-state index contributed by atoms with van der Waals surface area (Å²) in [4.78, 5) is 18.5. The van der Waals surface area contributed by atoms with Crippen LogP contribution >= 0.6 is 0 Å². The number of ether oxygens (including phenoxy) is 2. The maximum atomic E-state index is 12.0. The van der Waals surface area contributed by atoms with Gasteiger partial charge in [-0.15, -0.1) is 0 Å². The highest BCUT2D eigenvalue weighted by Gasteiger charge is 2.28. The van der Waals surface area contributed by atoms with Crippen molar-refractivity contribution in [3.8, 4) is 22.8 Å². The number of morpholine rings is 1. The molecule has 0 atom stereocenters. The molecule has 2 heterocycles. The summed E-state index contributed by atoms with van der Waals surface area (Å²) < 4.78 is 12.7. The highest BCUT2D eigenvalue weighted by atomic mass is 16.6. The summed E-state index contributed by atoms with van der Waals surface area (Å²) in [6.45, 7) is 6.55. The standard InChI is InChI=1S/C22H24N4O4/c1-15-6-4-5-7-18(15)22-23-16(2)14-25(22)19-12-17(24-8-10-30-11-9-24)13-20(29-3)21(19)26(27)28/h4-7,12-14H,8-11H2,1-3H3. The molecule has 0 radical (unpaired) electrons. The molecule has 0 spiro atoms. The molecule has 1 aromatic heterocycles. The number of rotatable bonds is 5. The molecule has 0 saturated carbocycles. The third-order valence-corrected chi connectivity index (χ3v) is 5.29. The Morgan fingerprint density at radius 3 is 2.57 bits per heavy atom. The molecule has 156 valence electrons. The van der Waals surface area contributed by atoms with E-state index in [0.29, 0.717) is 37.8 Å². The summed E-state index contributed by atoms with van der Waals surface area (Å²) in [5, 5.41) is 12.0. The zero-order chi connectivity index (χ0) is 21.3. The fourth-order valence-corrected chi connectivity index (χ4v) is 3.80. The van der Waals surface area contributed by atoms with Gasteiger partial charge in [-0.25, -0.2) is 4.98 Å². The third-order valence-electron chi connectivity index (χ3n) is 5.29. The predicted molar refractivity (Wildman–Crippen MR) is 115 cm³/mol. The van der Waals surface area contributed by atoms with E-state index in [2.05, 4.69) is 9.88 Å². The molecule has 0 bridgehead atoms. The number of nitro benzene ring substituents is 1. The van der Waals surface area contributed by atoms with E-state index in [9.17, 15) is 10.1 Å². The van der Waals surface area contributed by atoms with Gasteiger partial charge in [0.1, 0.15) is 11.5 Å². The Balaban J connectivity index is 1.96. The lowest BCUT2D eigenvalue weighted by molar-refractivity contribution is -0.385. The van der Waals surface area contributed by atoms with Gasteiger partial charge < -0.3 is 14.4 Å².